The molecule has 0 aliphatic rings. The number of halogens is 1. The first-order chi connectivity index (χ1) is 6.88. The highest BCUT2D eigenvalue weighted by Crippen LogP contribution is 2.01. The van der Waals surface area contributed by atoms with Crippen LogP contribution in [0.15, 0.2) is 18.3 Å². The van der Waals surface area contributed by atoms with E-state index in [1.54, 1.807) is 13.8 Å². The summed E-state index contributed by atoms with van der Waals surface area (Å²) in [5.41, 5.74) is -0.705. The van der Waals surface area contributed by atoms with Crippen LogP contribution in [0.2, 0.25) is 0 Å². The monoisotopic (exact) mass is 212 g/mol. The molecule has 0 saturated carbocycles. The van der Waals surface area contributed by atoms with E-state index in [-0.39, 0.29) is 18.0 Å². The van der Waals surface area contributed by atoms with Crippen LogP contribution in [0.5, 0.6) is 0 Å². The molecule has 0 radical (unpaired) electrons. The van der Waals surface area contributed by atoms with E-state index in [2.05, 4.69) is 10.3 Å². The number of nitrogens with one attached hydrogen (secondary N) is 1. The first kappa shape index (κ1) is 11.6. The molecule has 1 aromatic heterocycles. The molecule has 0 unspecified atom stereocenters. The molecule has 15 heavy (non-hydrogen) atoms. The van der Waals surface area contributed by atoms with E-state index < -0.39 is 11.5 Å². The molecule has 0 aliphatic carbocycles. The number of rotatable bonds is 3. The summed E-state index contributed by atoms with van der Waals surface area (Å²) in [6.45, 7) is 3.29. The molecule has 1 amide bonds. The van der Waals surface area contributed by atoms with Crippen molar-refractivity contribution in [2.24, 2.45) is 0 Å². The van der Waals surface area contributed by atoms with Crippen LogP contribution >= 0.6 is 0 Å². The second-order valence-corrected chi connectivity index (χ2v) is 3.86. The smallest absolute Gasteiger partial charge is 0.252 e. The standard InChI is InChI=1S/C10H13FN2O2/c1-10(2,15)6-13-9(14)7-3-4-8(11)12-5-7/h3-5,15H,6H2,1-2H3,(H,13,14). The number of nitrogens with zero attached hydrogens (tertiary/aromatic N) is 1. The number of hydrogen-bond donors (Lipinski definition) is 2. The zero-order valence-corrected chi connectivity index (χ0v) is 8.62. The molecule has 0 saturated heterocycles. The predicted molar refractivity (Wildman–Crippen MR) is 52.8 cm³/mol. The second kappa shape index (κ2) is 4.35. The van der Waals surface area contributed by atoms with Gasteiger partial charge in [-0.25, -0.2) is 4.98 Å². The Balaban J connectivity index is 2.58. The van der Waals surface area contributed by atoms with Crippen molar-refractivity contribution >= 4 is 5.91 Å². The number of carbonyl (C=O) groups excluding carboxylic acids is 1. The third-order valence-corrected chi connectivity index (χ3v) is 1.67. The molecule has 0 aliphatic heterocycles. The topological polar surface area (TPSA) is 62.2 Å². The van der Waals surface area contributed by atoms with Crippen molar-refractivity contribution in [1.29, 1.82) is 0 Å². The zero-order valence-electron chi connectivity index (χ0n) is 8.62. The summed E-state index contributed by atoms with van der Waals surface area (Å²) in [6.07, 6.45) is 1.15. The van der Waals surface area contributed by atoms with Crippen molar-refractivity contribution in [2.75, 3.05) is 6.54 Å². The molecule has 82 valence electrons. The van der Waals surface area contributed by atoms with Gasteiger partial charge in [-0.05, 0) is 26.0 Å². The lowest BCUT2D eigenvalue weighted by molar-refractivity contribution is 0.0694. The van der Waals surface area contributed by atoms with Crippen LogP contribution in [0.1, 0.15) is 24.2 Å². The number of aromatic nitrogens is 1. The van der Waals surface area contributed by atoms with Gasteiger partial charge >= 0.3 is 0 Å². The summed E-state index contributed by atoms with van der Waals surface area (Å²) < 4.78 is 12.4. The third kappa shape index (κ3) is 4.03. The molecule has 0 fully saturated rings. The third-order valence-electron chi connectivity index (χ3n) is 1.67. The number of amides is 1. The minimum absolute atomic E-state index is 0.128. The Kier molecular flexibility index (Phi) is 3.36. The number of pyridine rings is 1. The van der Waals surface area contributed by atoms with Crippen LogP contribution in [0.25, 0.3) is 0 Å². The van der Waals surface area contributed by atoms with Gasteiger partial charge in [0.1, 0.15) is 0 Å². The summed E-state index contributed by atoms with van der Waals surface area (Å²) in [6, 6.07) is 2.45. The second-order valence-electron chi connectivity index (χ2n) is 3.86. The molecule has 0 spiro atoms. The molecular formula is C10H13FN2O2. The maximum absolute atomic E-state index is 12.4. The average Bonchev–Trinajstić information content (AvgIpc) is 2.14. The van der Waals surface area contributed by atoms with Crippen molar-refractivity contribution in [3.05, 3.63) is 29.8 Å². The highest BCUT2D eigenvalue weighted by atomic mass is 19.1. The van der Waals surface area contributed by atoms with E-state index in [9.17, 15) is 14.3 Å². The van der Waals surface area contributed by atoms with Gasteiger partial charge in [-0.1, -0.05) is 0 Å². The average molecular weight is 212 g/mol. The van der Waals surface area contributed by atoms with E-state index in [4.69, 9.17) is 0 Å². The molecule has 5 heteroatoms. The SMILES string of the molecule is CC(C)(O)CNC(=O)c1ccc(F)nc1. The number of hydrogen-bond acceptors (Lipinski definition) is 3. The van der Waals surface area contributed by atoms with E-state index in [0.717, 1.165) is 12.3 Å². The van der Waals surface area contributed by atoms with Crippen LogP contribution in [-0.4, -0.2) is 28.1 Å². The number of aliphatic hydroxyl groups is 1. The van der Waals surface area contributed by atoms with E-state index in [0.29, 0.717) is 0 Å². The van der Waals surface area contributed by atoms with Crippen LogP contribution in [0.3, 0.4) is 0 Å². The van der Waals surface area contributed by atoms with Gasteiger partial charge in [-0.2, -0.15) is 4.39 Å². The molecule has 4 nitrogen and oxygen atoms in total. The van der Waals surface area contributed by atoms with Crippen LogP contribution in [0, 0.1) is 5.95 Å². The van der Waals surface area contributed by atoms with Gasteiger partial charge in [0.2, 0.25) is 5.95 Å². The van der Waals surface area contributed by atoms with Crippen molar-refractivity contribution in [1.82, 2.24) is 10.3 Å². The van der Waals surface area contributed by atoms with E-state index in [1.165, 1.54) is 6.07 Å². The van der Waals surface area contributed by atoms with Crippen molar-refractivity contribution in [3.8, 4) is 0 Å². The largest absolute Gasteiger partial charge is 0.389 e. The highest BCUT2D eigenvalue weighted by molar-refractivity contribution is 5.93. The van der Waals surface area contributed by atoms with Crippen LogP contribution in [0.4, 0.5) is 4.39 Å². The van der Waals surface area contributed by atoms with Gasteiger partial charge in [0.15, 0.2) is 0 Å². The minimum Gasteiger partial charge on any atom is -0.389 e. The molecular weight excluding hydrogens is 199 g/mol. The Hall–Kier alpha value is -1.49. The first-order valence-corrected chi connectivity index (χ1v) is 4.50. The number of carbonyl (C=O) groups is 1. The Labute approximate surface area is 87.1 Å². The fraction of sp³-hybridized carbons (Fsp3) is 0.400. The molecule has 1 rings (SSSR count). The predicted octanol–water partition coefficient (Wildman–Crippen LogP) is 0.721. The van der Waals surface area contributed by atoms with Crippen molar-refractivity contribution < 1.29 is 14.3 Å². The molecule has 0 aromatic carbocycles. The van der Waals surface area contributed by atoms with Crippen molar-refractivity contribution in [3.63, 3.8) is 0 Å². The van der Waals surface area contributed by atoms with Gasteiger partial charge in [0, 0.05) is 12.7 Å². The maximum Gasteiger partial charge on any atom is 0.252 e. The summed E-state index contributed by atoms with van der Waals surface area (Å²) in [7, 11) is 0. The van der Waals surface area contributed by atoms with E-state index in [1.807, 2.05) is 0 Å². The van der Waals surface area contributed by atoms with Gasteiger partial charge in [-0.3, -0.25) is 4.79 Å². The van der Waals surface area contributed by atoms with Gasteiger partial charge < -0.3 is 10.4 Å². The van der Waals surface area contributed by atoms with Gasteiger partial charge in [-0.15, -0.1) is 0 Å². The Morgan fingerprint density at radius 3 is 2.73 bits per heavy atom. The molecule has 0 atom stereocenters. The van der Waals surface area contributed by atoms with Crippen LogP contribution < -0.4 is 5.32 Å². The summed E-state index contributed by atoms with van der Waals surface area (Å²) >= 11 is 0. The Morgan fingerprint density at radius 1 is 1.60 bits per heavy atom. The van der Waals surface area contributed by atoms with E-state index >= 15 is 0 Å². The lowest BCUT2D eigenvalue weighted by atomic mass is 10.1. The quantitative estimate of drug-likeness (QED) is 0.726. The minimum atomic E-state index is -0.969. The van der Waals surface area contributed by atoms with Crippen LogP contribution in [-0.2, 0) is 0 Å². The molecule has 0 bridgehead atoms. The maximum atomic E-state index is 12.4. The zero-order chi connectivity index (χ0) is 11.5. The Morgan fingerprint density at radius 2 is 2.27 bits per heavy atom. The van der Waals surface area contributed by atoms with Gasteiger partial charge in [0.25, 0.3) is 5.91 Å². The fourth-order valence-corrected chi connectivity index (χ4v) is 0.909. The molecule has 2 N–H and O–H groups in total. The molecule has 1 heterocycles. The summed E-state index contributed by atoms with van der Waals surface area (Å²) in [5.74, 6) is -1.02. The fourth-order valence-electron chi connectivity index (χ4n) is 0.909. The van der Waals surface area contributed by atoms with Gasteiger partial charge in [0.05, 0.1) is 11.2 Å². The lowest BCUT2D eigenvalue weighted by Crippen LogP contribution is -2.38. The highest BCUT2D eigenvalue weighted by Gasteiger charge is 2.14. The Bertz CT molecular complexity index is 343. The lowest BCUT2D eigenvalue weighted by Gasteiger charge is -2.17. The summed E-state index contributed by atoms with van der Waals surface area (Å²) in [4.78, 5) is 14.8. The van der Waals surface area contributed by atoms with Crippen molar-refractivity contribution in [2.45, 2.75) is 19.4 Å². The normalized spacial score (nSPS) is 11.2. The summed E-state index contributed by atoms with van der Waals surface area (Å²) in [5, 5.41) is 11.9. The first-order valence-electron chi connectivity index (χ1n) is 4.50. The molecule has 1 aromatic rings.